The average Bonchev–Trinajstić information content (AvgIpc) is 2.59. The van der Waals surface area contributed by atoms with Gasteiger partial charge < -0.3 is 10.4 Å². The second-order valence-electron chi connectivity index (χ2n) is 6.10. The van der Waals surface area contributed by atoms with Crippen molar-refractivity contribution in [1.29, 1.82) is 5.26 Å². The molecule has 1 saturated carbocycles. The molecule has 0 bridgehead atoms. The maximum atomic E-state index is 9.86. The Morgan fingerprint density at radius 1 is 1.44 bits per heavy atom. The fraction of sp³-hybridized carbons (Fsp3) is 0.923. The van der Waals surface area contributed by atoms with E-state index in [0.717, 1.165) is 25.7 Å². The third-order valence-electron chi connectivity index (χ3n) is 3.15. The molecule has 3 heteroatoms. The van der Waals surface area contributed by atoms with E-state index in [1.807, 2.05) is 0 Å². The lowest BCUT2D eigenvalue weighted by atomic mass is 9.89. The van der Waals surface area contributed by atoms with Crippen molar-refractivity contribution in [3.63, 3.8) is 0 Å². The summed E-state index contributed by atoms with van der Waals surface area (Å²) in [7, 11) is 0. The van der Waals surface area contributed by atoms with Gasteiger partial charge in [0.15, 0.2) is 0 Å². The molecule has 0 aromatic rings. The molecule has 3 unspecified atom stereocenters. The molecule has 1 rings (SSSR count). The van der Waals surface area contributed by atoms with Crippen molar-refractivity contribution in [3.05, 3.63) is 0 Å². The second-order valence-corrected chi connectivity index (χ2v) is 6.10. The number of hydrogen-bond donors (Lipinski definition) is 2. The van der Waals surface area contributed by atoms with Gasteiger partial charge in [0.05, 0.1) is 18.1 Å². The highest BCUT2D eigenvalue weighted by molar-refractivity contribution is 4.96. The van der Waals surface area contributed by atoms with Crippen LogP contribution in [0.15, 0.2) is 0 Å². The van der Waals surface area contributed by atoms with Crippen molar-refractivity contribution in [1.82, 2.24) is 5.32 Å². The molecule has 0 radical (unpaired) electrons. The van der Waals surface area contributed by atoms with Crippen LogP contribution in [-0.2, 0) is 0 Å². The summed E-state index contributed by atoms with van der Waals surface area (Å²) in [6.45, 7) is 7.00. The molecule has 92 valence electrons. The normalized spacial score (nSPS) is 27.7. The Morgan fingerprint density at radius 2 is 2.12 bits per heavy atom. The monoisotopic (exact) mass is 224 g/mol. The first-order chi connectivity index (χ1) is 7.42. The third kappa shape index (κ3) is 4.51. The highest BCUT2D eigenvalue weighted by atomic mass is 16.3. The number of aliphatic hydroxyl groups excluding tert-OH is 1. The van der Waals surface area contributed by atoms with E-state index < -0.39 is 0 Å². The number of nitriles is 1. The van der Waals surface area contributed by atoms with E-state index in [2.05, 4.69) is 32.2 Å². The molecule has 3 nitrogen and oxygen atoms in total. The van der Waals surface area contributed by atoms with Gasteiger partial charge in [-0.1, -0.05) is 27.2 Å². The first-order valence-corrected chi connectivity index (χ1v) is 6.23. The van der Waals surface area contributed by atoms with Crippen LogP contribution in [0.4, 0.5) is 0 Å². The summed E-state index contributed by atoms with van der Waals surface area (Å²) >= 11 is 0. The van der Waals surface area contributed by atoms with Crippen molar-refractivity contribution >= 4 is 0 Å². The Labute approximate surface area is 98.8 Å². The largest absolute Gasteiger partial charge is 0.392 e. The molecule has 3 atom stereocenters. The Kier molecular flexibility index (Phi) is 4.76. The molecule has 0 aromatic heterocycles. The fourth-order valence-corrected chi connectivity index (χ4v) is 2.43. The van der Waals surface area contributed by atoms with Crippen LogP contribution in [-0.4, -0.2) is 23.8 Å². The van der Waals surface area contributed by atoms with E-state index in [-0.39, 0.29) is 17.4 Å². The summed E-state index contributed by atoms with van der Waals surface area (Å²) in [6, 6.07) is 2.63. The smallest absolute Gasteiger partial charge is 0.0672 e. The van der Waals surface area contributed by atoms with E-state index in [1.54, 1.807) is 0 Å². The van der Waals surface area contributed by atoms with Gasteiger partial charge in [-0.05, 0) is 24.7 Å². The minimum atomic E-state index is -0.306. The summed E-state index contributed by atoms with van der Waals surface area (Å²) in [6.07, 6.45) is 3.69. The van der Waals surface area contributed by atoms with Gasteiger partial charge >= 0.3 is 0 Å². The summed E-state index contributed by atoms with van der Waals surface area (Å²) < 4.78 is 0. The number of nitrogens with zero attached hydrogens (tertiary/aromatic N) is 1. The molecule has 1 aliphatic carbocycles. The SMILES string of the molecule is CC(C)(C)CC(O)CNC1CCCC1C#N. The van der Waals surface area contributed by atoms with Crippen LogP contribution in [0.2, 0.25) is 0 Å². The Hall–Kier alpha value is -0.590. The molecule has 0 spiro atoms. The fourth-order valence-electron chi connectivity index (χ4n) is 2.43. The van der Waals surface area contributed by atoms with E-state index in [1.165, 1.54) is 0 Å². The maximum absolute atomic E-state index is 9.86. The van der Waals surface area contributed by atoms with Crippen LogP contribution in [0.3, 0.4) is 0 Å². The van der Waals surface area contributed by atoms with Crippen molar-refractivity contribution in [2.24, 2.45) is 11.3 Å². The lowest BCUT2D eigenvalue weighted by molar-refractivity contribution is 0.115. The predicted molar refractivity (Wildman–Crippen MR) is 64.8 cm³/mol. The van der Waals surface area contributed by atoms with Gasteiger partial charge in [-0.2, -0.15) is 5.26 Å². The number of hydrogen-bond acceptors (Lipinski definition) is 3. The molecular formula is C13H24N2O. The van der Waals surface area contributed by atoms with Gasteiger partial charge in [0.2, 0.25) is 0 Å². The lowest BCUT2D eigenvalue weighted by Gasteiger charge is -2.24. The number of nitrogens with one attached hydrogen (secondary N) is 1. The van der Waals surface area contributed by atoms with Gasteiger partial charge in [-0.3, -0.25) is 0 Å². The molecule has 0 heterocycles. The van der Waals surface area contributed by atoms with Gasteiger partial charge in [0.25, 0.3) is 0 Å². The molecule has 0 aliphatic heterocycles. The molecule has 1 aliphatic rings. The quantitative estimate of drug-likeness (QED) is 0.768. The molecule has 1 fully saturated rings. The highest BCUT2D eigenvalue weighted by Crippen LogP contribution is 2.25. The van der Waals surface area contributed by atoms with E-state index >= 15 is 0 Å². The molecule has 0 saturated heterocycles. The zero-order chi connectivity index (χ0) is 12.2. The minimum Gasteiger partial charge on any atom is -0.392 e. The van der Waals surface area contributed by atoms with Crippen LogP contribution in [0.1, 0.15) is 46.5 Å². The Morgan fingerprint density at radius 3 is 2.69 bits per heavy atom. The minimum absolute atomic E-state index is 0.141. The van der Waals surface area contributed by atoms with Crippen molar-refractivity contribution in [3.8, 4) is 6.07 Å². The van der Waals surface area contributed by atoms with Crippen LogP contribution in [0.25, 0.3) is 0 Å². The molecule has 0 aromatic carbocycles. The third-order valence-corrected chi connectivity index (χ3v) is 3.15. The summed E-state index contributed by atoms with van der Waals surface area (Å²) in [5.74, 6) is 0.141. The van der Waals surface area contributed by atoms with Crippen LogP contribution in [0, 0.1) is 22.7 Å². The van der Waals surface area contributed by atoms with Gasteiger partial charge in [-0.15, -0.1) is 0 Å². The molecule has 16 heavy (non-hydrogen) atoms. The van der Waals surface area contributed by atoms with E-state index in [9.17, 15) is 5.11 Å². The maximum Gasteiger partial charge on any atom is 0.0672 e. The standard InChI is InChI=1S/C13H24N2O/c1-13(2,3)7-11(16)9-15-12-6-4-5-10(12)8-14/h10-12,15-16H,4-7,9H2,1-3H3. The van der Waals surface area contributed by atoms with Crippen molar-refractivity contribution in [2.75, 3.05) is 6.54 Å². The number of rotatable bonds is 4. The molecule has 0 amide bonds. The van der Waals surface area contributed by atoms with Gasteiger partial charge in [-0.25, -0.2) is 0 Å². The van der Waals surface area contributed by atoms with Crippen molar-refractivity contribution in [2.45, 2.75) is 58.6 Å². The Bertz CT molecular complexity index is 252. The lowest BCUT2D eigenvalue weighted by Crippen LogP contribution is -2.38. The van der Waals surface area contributed by atoms with Gasteiger partial charge in [0.1, 0.15) is 0 Å². The number of aliphatic hydroxyl groups is 1. The second kappa shape index (κ2) is 5.65. The van der Waals surface area contributed by atoms with Crippen molar-refractivity contribution < 1.29 is 5.11 Å². The average molecular weight is 224 g/mol. The van der Waals surface area contributed by atoms with Crippen LogP contribution in [0.5, 0.6) is 0 Å². The molecular weight excluding hydrogens is 200 g/mol. The first kappa shape index (κ1) is 13.5. The summed E-state index contributed by atoms with van der Waals surface area (Å²) in [5.41, 5.74) is 0.158. The predicted octanol–water partition coefficient (Wildman–Crippen LogP) is 2.07. The zero-order valence-electron chi connectivity index (χ0n) is 10.7. The van der Waals surface area contributed by atoms with E-state index in [0.29, 0.717) is 12.6 Å². The van der Waals surface area contributed by atoms with E-state index in [4.69, 9.17) is 5.26 Å². The first-order valence-electron chi connectivity index (χ1n) is 6.23. The van der Waals surface area contributed by atoms with Crippen LogP contribution >= 0.6 is 0 Å². The van der Waals surface area contributed by atoms with Crippen LogP contribution < -0.4 is 5.32 Å². The molecule has 2 N–H and O–H groups in total. The summed E-state index contributed by atoms with van der Waals surface area (Å²) in [4.78, 5) is 0. The Balaban J connectivity index is 2.26. The zero-order valence-corrected chi connectivity index (χ0v) is 10.7. The highest BCUT2D eigenvalue weighted by Gasteiger charge is 2.27. The topological polar surface area (TPSA) is 56.0 Å². The summed E-state index contributed by atoms with van der Waals surface area (Å²) in [5, 5.41) is 22.1. The van der Waals surface area contributed by atoms with Gasteiger partial charge in [0, 0.05) is 12.6 Å².